The monoisotopic (exact) mass is 169 g/mol. The molecule has 0 aliphatic carbocycles. The van der Waals surface area contributed by atoms with Gasteiger partial charge in [-0.05, 0) is 19.3 Å². The highest BCUT2D eigenvalue weighted by Gasteiger charge is 2.32. The molecule has 4 nitrogen and oxygen atoms in total. The summed E-state index contributed by atoms with van der Waals surface area (Å²) in [6.45, 7) is 3.06. The lowest BCUT2D eigenvalue weighted by Gasteiger charge is -2.22. The van der Waals surface area contributed by atoms with Crippen LogP contribution in [0, 0.1) is 12.3 Å². The van der Waals surface area contributed by atoms with Crippen LogP contribution in [0.2, 0.25) is 0 Å². The minimum absolute atomic E-state index is 0.287. The van der Waals surface area contributed by atoms with Gasteiger partial charge >= 0.3 is 5.97 Å². The number of hydrogen-bond acceptors (Lipinski definition) is 2. The van der Waals surface area contributed by atoms with Gasteiger partial charge in [0, 0.05) is 0 Å². The van der Waals surface area contributed by atoms with Gasteiger partial charge in [0.15, 0.2) is 0 Å². The number of rotatable bonds is 3. The Kier molecular flexibility index (Phi) is 3.30. The van der Waals surface area contributed by atoms with E-state index in [1.807, 2.05) is 0 Å². The number of carboxylic acids is 1. The van der Waals surface area contributed by atoms with Gasteiger partial charge in [0.1, 0.15) is 5.54 Å². The van der Waals surface area contributed by atoms with Crippen LogP contribution in [0.4, 0.5) is 0 Å². The van der Waals surface area contributed by atoms with E-state index in [4.69, 9.17) is 11.5 Å². The minimum Gasteiger partial charge on any atom is -0.480 e. The molecular formula is C8H11NO3. The normalized spacial score (nSPS) is 14.1. The standard InChI is InChI=1S/C8H11NO3/c1-4-6(10)9-8(3,5-2)7(11)12/h1H,5H2,2-3H3,(H,9,10)(H,11,12). The molecule has 0 aromatic rings. The Morgan fingerprint density at radius 1 is 1.67 bits per heavy atom. The third kappa shape index (κ3) is 2.27. The molecule has 0 heterocycles. The second-order valence-electron chi connectivity index (χ2n) is 2.59. The maximum Gasteiger partial charge on any atom is 0.329 e. The fraction of sp³-hybridized carbons (Fsp3) is 0.500. The summed E-state index contributed by atoms with van der Waals surface area (Å²) < 4.78 is 0. The zero-order valence-electron chi connectivity index (χ0n) is 7.05. The fourth-order valence-corrected chi connectivity index (χ4v) is 0.580. The van der Waals surface area contributed by atoms with E-state index in [9.17, 15) is 9.59 Å². The summed E-state index contributed by atoms with van der Waals surface area (Å²) in [5.41, 5.74) is -1.26. The van der Waals surface area contributed by atoms with Crippen LogP contribution in [-0.4, -0.2) is 22.5 Å². The van der Waals surface area contributed by atoms with Crippen LogP contribution in [0.15, 0.2) is 0 Å². The first-order valence-corrected chi connectivity index (χ1v) is 3.48. The highest BCUT2D eigenvalue weighted by atomic mass is 16.4. The molecule has 4 heteroatoms. The molecule has 0 bridgehead atoms. The van der Waals surface area contributed by atoms with Crippen molar-refractivity contribution in [1.29, 1.82) is 0 Å². The van der Waals surface area contributed by atoms with Gasteiger partial charge in [-0.2, -0.15) is 0 Å². The molecule has 0 saturated heterocycles. The Morgan fingerprint density at radius 2 is 2.17 bits per heavy atom. The predicted molar refractivity (Wildman–Crippen MR) is 43.3 cm³/mol. The van der Waals surface area contributed by atoms with E-state index in [-0.39, 0.29) is 6.42 Å². The Balaban J connectivity index is 4.47. The zero-order valence-corrected chi connectivity index (χ0v) is 7.05. The Bertz CT molecular complexity index is 241. The molecule has 0 radical (unpaired) electrons. The largest absolute Gasteiger partial charge is 0.480 e. The molecule has 0 fully saturated rings. The maximum atomic E-state index is 10.7. The Morgan fingerprint density at radius 3 is 2.42 bits per heavy atom. The molecule has 0 aromatic carbocycles. The molecule has 0 aliphatic heterocycles. The van der Waals surface area contributed by atoms with Crippen LogP contribution in [0.5, 0.6) is 0 Å². The summed E-state index contributed by atoms with van der Waals surface area (Å²) in [5, 5.41) is 10.9. The van der Waals surface area contributed by atoms with Gasteiger partial charge in [-0.1, -0.05) is 6.92 Å². The van der Waals surface area contributed by atoms with Crippen LogP contribution < -0.4 is 5.32 Å². The first-order valence-electron chi connectivity index (χ1n) is 3.48. The number of hydrogen-bond donors (Lipinski definition) is 2. The second kappa shape index (κ2) is 3.77. The van der Waals surface area contributed by atoms with E-state index >= 15 is 0 Å². The van der Waals surface area contributed by atoms with E-state index in [0.717, 1.165) is 0 Å². The molecule has 1 amide bonds. The summed E-state index contributed by atoms with van der Waals surface area (Å²) >= 11 is 0. The van der Waals surface area contributed by atoms with Gasteiger partial charge in [0.05, 0.1) is 0 Å². The molecule has 1 atom stereocenters. The lowest BCUT2D eigenvalue weighted by atomic mass is 9.99. The van der Waals surface area contributed by atoms with Gasteiger partial charge in [-0.3, -0.25) is 4.79 Å². The number of carbonyl (C=O) groups excluding carboxylic acids is 1. The lowest BCUT2D eigenvalue weighted by molar-refractivity contribution is -0.146. The van der Waals surface area contributed by atoms with E-state index in [2.05, 4.69) is 5.32 Å². The average molecular weight is 169 g/mol. The quantitative estimate of drug-likeness (QED) is 0.584. The van der Waals surface area contributed by atoms with Crippen LogP contribution in [0.25, 0.3) is 0 Å². The summed E-state index contributed by atoms with van der Waals surface area (Å²) in [5.74, 6) is 0.000486. The van der Waals surface area contributed by atoms with Crippen molar-refractivity contribution in [2.45, 2.75) is 25.8 Å². The highest BCUT2D eigenvalue weighted by molar-refractivity contribution is 5.96. The first-order chi connectivity index (χ1) is 5.46. The van der Waals surface area contributed by atoms with Crippen molar-refractivity contribution in [2.24, 2.45) is 0 Å². The molecule has 66 valence electrons. The van der Waals surface area contributed by atoms with Gasteiger partial charge in [-0.25, -0.2) is 4.79 Å². The molecule has 2 N–H and O–H groups in total. The van der Waals surface area contributed by atoms with E-state index in [1.54, 1.807) is 12.8 Å². The van der Waals surface area contributed by atoms with E-state index < -0.39 is 17.4 Å². The second-order valence-corrected chi connectivity index (χ2v) is 2.59. The Hall–Kier alpha value is -1.50. The summed E-state index contributed by atoms with van der Waals surface area (Å²) in [4.78, 5) is 21.3. The SMILES string of the molecule is C#CC(=O)NC(C)(CC)C(=O)O. The van der Waals surface area contributed by atoms with Crippen molar-refractivity contribution in [3.05, 3.63) is 0 Å². The van der Waals surface area contributed by atoms with Crippen LogP contribution >= 0.6 is 0 Å². The summed E-state index contributed by atoms with van der Waals surface area (Å²) in [6, 6.07) is 0. The average Bonchev–Trinajstić information content (AvgIpc) is 2.03. The molecule has 0 saturated carbocycles. The fourth-order valence-electron chi connectivity index (χ4n) is 0.580. The minimum atomic E-state index is -1.26. The molecule has 0 rings (SSSR count). The van der Waals surface area contributed by atoms with E-state index in [1.165, 1.54) is 6.92 Å². The molecule has 0 aromatic heterocycles. The molecule has 1 unspecified atom stereocenters. The summed E-state index contributed by atoms with van der Waals surface area (Å²) in [7, 11) is 0. The van der Waals surface area contributed by atoms with Crippen molar-refractivity contribution < 1.29 is 14.7 Å². The van der Waals surface area contributed by atoms with Crippen molar-refractivity contribution in [3.8, 4) is 12.3 Å². The van der Waals surface area contributed by atoms with Crippen molar-refractivity contribution in [1.82, 2.24) is 5.32 Å². The third-order valence-electron chi connectivity index (χ3n) is 1.70. The Labute approximate surface area is 71.0 Å². The van der Waals surface area contributed by atoms with Gasteiger partial charge in [0.25, 0.3) is 5.91 Å². The van der Waals surface area contributed by atoms with Crippen LogP contribution in [0.1, 0.15) is 20.3 Å². The molecule has 0 aliphatic rings. The van der Waals surface area contributed by atoms with Gasteiger partial charge in [0.2, 0.25) is 0 Å². The number of terminal acetylenes is 1. The number of carbonyl (C=O) groups is 2. The summed E-state index contributed by atoms with van der Waals surface area (Å²) in [6.07, 6.45) is 5.07. The number of carboxylic acid groups (broad SMARTS) is 1. The van der Waals surface area contributed by atoms with Crippen molar-refractivity contribution in [2.75, 3.05) is 0 Å². The predicted octanol–water partition coefficient (Wildman–Crippen LogP) is -0.0109. The molecular weight excluding hydrogens is 158 g/mol. The van der Waals surface area contributed by atoms with Crippen molar-refractivity contribution in [3.63, 3.8) is 0 Å². The van der Waals surface area contributed by atoms with Gasteiger partial charge in [-0.15, -0.1) is 6.42 Å². The molecule has 12 heavy (non-hydrogen) atoms. The van der Waals surface area contributed by atoms with Crippen LogP contribution in [0.3, 0.4) is 0 Å². The third-order valence-corrected chi connectivity index (χ3v) is 1.70. The number of aliphatic carboxylic acids is 1. The van der Waals surface area contributed by atoms with Gasteiger partial charge < -0.3 is 10.4 Å². The number of amides is 1. The van der Waals surface area contributed by atoms with Crippen LogP contribution in [-0.2, 0) is 9.59 Å². The lowest BCUT2D eigenvalue weighted by Crippen LogP contribution is -2.51. The smallest absolute Gasteiger partial charge is 0.329 e. The molecule has 0 spiro atoms. The maximum absolute atomic E-state index is 10.7. The number of nitrogens with one attached hydrogen (secondary N) is 1. The van der Waals surface area contributed by atoms with Crippen molar-refractivity contribution >= 4 is 11.9 Å². The first kappa shape index (κ1) is 10.5. The zero-order chi connectivity index (χ0) is 9.78. The topological polar surface area (TPSA) is 66.4 Å². The highest BCUT2D eigenvalue weighted by Crippen LogP contribution is 2.08. The van der Waals surface area contributed by atoms with E-state index in [0.29, 0.717) is 0 Å².